The molecular formula is C31H31ClN2O5S2. The molecule has 1 aliphatic heterocycles. The third-order valence-electron chi connectivity index (χ3n) is 8.25. The van der Waals surface area contributed by atoms with Crippen molar-refractivity contribution < 1.29 is 22.2 Å². The SMILES string of the molecule is COc1ccc(S(=O)(=O)n2c3c(c4ccccc42)[C@@H]2[C@@H](CCCN2C(=O)CS(=O)c2ccc(C)cc2)[C@H](Cl)C3)cc1. The molecule has 4 atom stereocenters. The molecule has 1 unspecified atom stereocenters. The van der Waals surface area contributed by atoms with Crippen LogP contribution in [0.4, 0.5) is 0 Å². The number of likely N-dealkylation sites (tertiary alicyclic amines) is 1. The molecule has 7 nitrogen and oxygen atoms in total. The zero-order chi connectivity index (χ0) is 28.9. The van der Waals surface area contributed by atoms with Gasteiger partial charge in [-0.2, -0.15) is 0 Å². The van der Waals surface area contributed by atoms with Gasteiger partial charge in [-0.3, -0.25) is 9.00 Å². The van der Waals surface area contributed by atoms with Crippen LogP contribution in [-0.4, -0.2) is 52.2 Å². The predicted molar refractivity (Wildman–Crippen MR) is 160 cm³/mol. The van der Waals surface area contributed by atoms with E-state index in [9.17, 15) is 17.4 Å². The minimum absolute atomic E-state index is 0.0439. The topological polar surface area (TPSA) is 85.7 Å². The lowest BCUT2D eigenvalue weighted by Crippen LogP contribution is -2.49. The van der Waals surface area contributed by atoms with E-state index in [1.54, 1.807) is 35.2 Å². The van der Waals surface area contributed by atoms with Gasteiger partial charge in [0.1, 0.15) is 11.5 Å². The number of halogens is 1. The summed E-state index contributed by atoms with van der Waals surface area (Å²) in [6, 6.07) is 20.7. The van der Waals surface area contributed by atoms with Crippen LogP contribution in [0.15, 0.2) is 82.6 Å². The number of alkyl halides is 1. The number of fused-ring (bicyclic) bond motifs is 5. The molecule has 41 heavy (non-hydrogen) atoms. The Kier molecular flexibility index (Phi) is 7.46. The molecule has 214 valence electrons. The average molecular weight is 611 g/mol. The highest BCUT2D eigenvalue weighted by molar-refractivity contribution is 7.90. The van der Waals surface area contributed by atoms with Gasteiger partial charge in [-0.25, -0.2) is 12.4 Å². The second-order valence-corrected chi connectivity index (χ2v) is 14.5. The molecular weight excluding hydrogens is 580 g/mol. The molecule has 2 heterocycles. The number of methoxy groups -OCH3 is 1. The van der Waals surface area contributed by atoms with Crippen LogP contribution in [0.25, 0.3) is 10.9 Å². The third-order valence-corrected chi connectivity index (χ3v) is 11.8. The monoisotopic (exact) mass is 610 g/mol. The van der Waals surface area contributed by atoms with Crippen LogP contribution in [-0.2, 0) is 32.0 Å². The number of rotatable bonds is 6. The van der Waals surface area contributed by atoms with Gasteiger partial charge >= 0.3 is 0 Å². The molecule has 1 amide bonds. The maximum atomic E-state index is 14.1. The third kappa shape index (κ3) is 4.87. The fourth-order valence-corrected chi connectivity index (χ4v) is 9.28. The van der Waals surface area contributed by atoms with Crippen molar-refractivity contribution in [2.45, 2.75) is 47.4 Å². The maximum Gasteiger partial charge on any atom is 0.268 e. The van der Waals surface area contributed by atoms with Crippen LogP contribution in [0.2, 0.25) is 0 Å². The standard InChI is InChI=1S/C31H31ClN2O5S2/c1-20-9-13-22(14-10-20)40(36)19-29(35)33-17-5-7-24-26(32)18-28-30(31(24)33)25-6-3-4-8-27(25)34(28)41(37,38)23-15-11-21(39-2)12-16-23/h3-4,6,8-16,24,26,31H,5,7,17-19H2,1-2H3/t24-,26+,31-,40?/m0/s1. The Morgan fingerprint density at radius 2 is 1.76 bits per heavy atom. The Balaban J connectivity index is 1.45. The highest BCUT2D eigenvalue weighted by Gasteiger charge is 2.46. The molecule has 1 aliphatic carbocycles. The van der Waals surface area contributed by atoms with E-state index in [1.165, 1.54) is 23.2 Å². The van der Waals surface area contributed by atoms with Crippen LogP contribution in [0.3, 0.4) is 0 Å². The second kappa shape index (κ2) is 10.9. The van der Waals surface area contributed by atoms with E-state index >= 15 is 0 Å². The minimum Gasteiger partial charge on any atom is -0.497 e. The molecule has 10 heteroatoms. The van der Waals surface area contributed by atoms with Crippen molar-refractivity contribution in [1.82, 2.24) is 8.87 Å². The number of benzene rings is 3. The lowest BCUT2D eigenvalue weighted by Gasteiger charge is -2.46. The number of aryl methyl sites for hydroxylation is 1. The molecule has 4 aromatic rings. The van der Waals surface area contributed by atoms with Crippen molar-refractivity contribution in [2.24, 2.45) is 5.92 Å². The molecule has 2 aliphatic rings. The van der Waals surface area contributed by atoms with E-state index in [0.717, 1.165) is 29.4 Å². The summed E-state index contributed by atoms with van der Waals surface area (Å²) < 4.78 is 48.1. The number of hydrogen-bond acceptors (Lipinski definition) is 5. The fraction of sp³-hybridized carbons (Fsp3) is 0.323. The number of para-hydroxylation sites is 1. The number of aromatic nitrogens is 1. The number of carbonyl (C=O) groups is 1. The average Bonchev–Trinajstić information content (AvgIpc) is 3.32. The van der Waals surface area contributed by atoms with Crippen LogP contribution in [0.1, 0.15) is 35.7 Å². The number of piperidine rings is 1. The summed E-state index contributed by atoms with van der Waals surface area (Å²) in [7, 11) is -3.97. The zero-order valence-electron chi connectivity index (χ0n) is 22.8. The zero-order valence-corrected chi connectivity index (χ0v) is 25.2. The number of ether oxygens (including phenoxy) is 1. The van der Waals surface area contributed by atoms with E-state index in [0.29, 0.717) is 34.8 Å². The van der Waals surface area contributed by atoms with E-state index in [1.807, 2.05) is 37.3 Å². The Labute approximate surface area is 247 Å². The summed E-state index contributed by atoms with van der Waals surface area (Å²) in [6.45, 7) is 2.46. The van der Waals surface area contributed by atoms with E-state index in [2.05, 4.69) is 0 Å². The molecule has 1 fully saturated rings. The highest BCUT2D eigenvalue weighted by atomic mass is 35.5. The van der Waals surface area contributed by atoms with Crippen molar-refractivity contribution in [2.75, 3.05) is 19.4 Å². The van der Waals surface area contributed by atoms with Crippen LogP contribution < -0.4 is 4.74 Å². The molecule has 3 aromatic carbocycles. The van der Waals surface area contributed by atoms with Gasteiger partial charge in [-0.15, -0.1) is 11.6 Å². The summed E-state index contributed by atoms with van der Waals surface area (Å²) >= 11 is 7.02. The first-order valence-electron chi connectivity index (χ1n) is 13.6. The van der Waals surface area contributed by atoms with Crippen molar-refractivity contribution in [3.63, 3.8) is 0 Å². The molecule has 0 N–H and O–H groups in total. The Hall–Kier alpha value is -3.14. The first-order valence-corrected chi connectivity index (χ1v) is 16.8. The predicted octanol–water partition coefficient (Wildman–Crippen LogP) is 5.45. The van der Waals surface area contributed by atoms with Crippen molar-refractivity contribution in [3.8, 4) is 5.75 Å². The fourth-order valence-electron chi connectivity index (χ4n) is 6.30. The van der Waals surface area contributed by atoms with Gasteiger partial charge in [0.15, 0.2) is 0 Å². The minimum atomic E-state index is -4.00. The number of hydrogen-bond donors (Lipinski definition) is 0. The normalized spacial score (nSPS) is 21.2. The summed E-state index contributed by atoms with van der Waals surface area (Å²) in [5.41, 5.74) is 3.04. The van der Waals surface area contributed by atoms with Crippen molar-refractivity contribution in [1.29, 1.82) is 0 Å². The van der Waals surface area contributed by atoms with E-state index < -0.39 is 26.9 Å². The van der Waals surface area contributed by atoms with E-state index in [-0.39, 0.29) is 27.9 Å². The van der Waals surface area contributed by atoms with Gasteiger partial charge in [-0.05, 0) is 62.2 Å². The first-order chi connectivity index (χ1) is 19.7. The Morgan fingerprint density at radius 1 is 1.05 bits per heavy atom. The lowest BCUT2D eigenvalue weighted by molar-refractivity contribution is -0.134. The van der Waals surface area contributed by atoms with Gasteiger partial charge in [0.25, 0.3) is 10.0 Å². The number of amides is 1. The Morgan fingerprint density at radius 3 is 2.46 bits per heavy atom. The summed E-state index contributed by atoms with van der Waals surface area (Å²) in [5.74, 6) is 0.159. The molecule has 0 bridgehead atoms. The molecule has 0 saturated carbocycles. The molecule has 0 radical (unpaired) electrons. The van der Waals surface area contributed by atoms with Gasteiger partial charge in [0.2, 0.25) is 5.91 Å². The van der Waals surface area contributed by atoms with Gasteiger partial charge in [0, 0.05) is 45.8 Å². The smallest absolute Gasteiger partial charge is 0.268 e. The molecule has 1 saturated heterocycles. The Bertz CT molecular complexity index is 1750. The van der Waals surface area contributed by atoms with Crippen LogP contribution in [0, 0.1) is 12.8 Å². The number of nitrogens with zero attached hydrogens (tertiary/aromatic N) is 2. The van der Waals surface area contributed by atoms with E-state index in [4.69, 9.17) is 16.3 Å². The van der Waals surface area contributed by atoms with Gasteiger partial charge < -0.3 is 9.64 Å². The largest absolute Gasteiger partial charge is 0.497 e. The van der Waals surface area contributed by atoms with Crippen LogP contribution >= 0.6 is 11.6 Å². The maximum absolute atomic E-state index is 14.1. The second-order valence-electron chi connectivity index (χ2n) is 10.7. The van der Waals surface area contributed by atoms with Crippen molar-refractivity contribution >= 4 is 49.2 Å². The highest BCUT2D eigenvalue weighted by Crippen LogP contribution is 2.50. The summed E-state index contributed by atoms with van der Waals surface area (Å²) in [4.78, 5) is 16.3. The van der Waals surface area contributed by atoms with Crippen molar-refractivity contribution in [3.05, 3.63) is 89.6 Å². The summed E-state index contributed by atoms with van der Waals surface area (Å²) in [6.07, 6.45) is 1.97. The quantitative estimate of drug-likeness (QED) is 0.271. The van der Waals surface area contributed by atoms with Gasteiger partial charge in [-0.1, -0.05) is 35.9 Å². The summed E-state index contributed by atoms with van der Waals surface area (Å²) in [5, 5.41) is 0.428. The number of carbonyl (C=O) groups excluding carboxylic acids is 1. The molecule has 1 aromatic heterocycles. The van der Waals surface area contributed by atoms with Crippen LogP contribution in [0.5, 0.6) is 5.75 Å². The lowest BCUT2D eigenvalue weighted by atomic mass is 9.76. The first kappa shape index (κ1) is 28.0. The molecule has 0 spiro atoms. The van der Waals surface area contributed by atoms with Gasteiger partial charge in [0.05, 0.1) is 34.4 Å². The molecule has 6 rings (SSSR count).